The van der Waals surface area contributed by atoms with E-state index >= 15 is 0 Å². The molecule has 0 unspecified atom stereocenters. The molecular formula is C32H31F3N6O3. The van der Waals surface area contributed by atoms with Crippen molar-refractivity contribution in [2.45, 2.75) is 6.18 Å². The van der Waals surface area contributed by atoms with Gasteiger partial charge in [0.15, 0.2) is 0 Å². The molecule has 1 saturated heterocycles. The van der Waals surface area contributed by atoms with Gasteiger partial charge in [-0.05, 0) is 55.1 Å². The van der Waals surface area contributed by atoms with E-state index in [1.54, 1.807) is 31.4 Å². The van der Waals surface area contributed by atoms with Gasteiger partial charge >= 0.3 is 6.18 Å². The summed E-state index contributed by atoms with van der Waals surface area (Å²) in [4.78, 5) is 25.4. The van der Waals surface area contributed by atoms with Crippen molar-refractivity contribution >= 4 is 28.9 Å². The smallest absolute Gasteiger partial charge is 0.416 e. The average molecular weight is 605 g/mol. The van der Waals surface area contributed by atoms with Gasteiger partial charge in [-0.25, -0.2) is 4.98 Å². The van der Waals surface area contributed by atoms with Crippen LogP contribution < -0.4 is 25.0 Å². The molecule has 1 aliphatic rings. The molecule has 0 bridgehead atoms. The van der Waals surface area contributed by atoms with Crippen LogP contribution in [-0.2, 0) is 11.0 Å². The number of anilines is 4. The molecule has 0 radical (unpaired) electrons. The van der Waals surface area contributed by atoms with Gasteiger partial charge in [-0.2, -0.15) is 18.2 Å². The number of nitrogens with one attached hydrogen (secondary N) is 2. The molecule has 5 rings (SSSR count). The molecule has 12 heteroatoms. The number of likely N-dealkylation sites (N-methyl/N-ethyl adjacent to an activating group) is 1. The summed E-state index contributed by atoms with van der Waals surface area (Å²) in [5, 5.41) is 5.83. The topological polar surface area (TPSA) is 91.8 Å². The summed E-state index contributed by atoms with van der Waals surface area (Å²) in [5.41, 5.74) is 2.12. The van der Waals surface area contributed by atoms with E-state index in [0.717, 1.165) is 50.1 Å². The summed E-state index contributed by atoms with van der Waals surface area (Å²) in [5.74, 6) is 0.789. The first-order valence-electron chi connectivity index (χ1n) is 13.8. The molecule has 0 spiro atoms. The number of aromatic nitrogens is 2. The number of nitrogens with zero attached hydrogens (tertiary/aromatic N) is 4. The molecule has 4 aromatic rings. The molecule has 228 valence electrons. The van der Waals surface area contributed by atoms with Gasteiger partial charge in [0.1, 0.15) is 11.5 Å². The molecule has 1 aromatic heterocycles. The zero-order chi connectivity index (χ0) is 31.3. The number of ether oxygens (including phenoxy) is 2. The number of hydrogen-bond donors (Lipinski definition) is 2. The van der Waals surface area contributed by atoms with Crippen molar-refractivity contribution in [3.63, 3.8) is 0 Å². The third-order valence-electron chi connectivity index (χ3n) is 7.08. The molecule has 1 amide bonds. The van der Waals surface area contributed by atoms with Crippen LogP contribution in [0.3, 0.4) is 0 Å². The summed E-state index contributed by atoms with van der Waals surface area (Å²) in [6.45, 7) is 7.19. The Labute approximate surface area is 253 Å². The van der Waals surface area contributed by atoms with Crippen molar-refractivity contribution < 1.29 is 27.4 Å². The Morgan fingerprint density at radius 3 is 2.45 bits per heavy atom. The zero-order valence-electron chi connectivity index (χ0n) is 24.2. The molecule has 0 saturated carbocycles. The van der Waals surface area contributed by atoms with E-state index in [2.05, 4.69) is 44.0 Å². The minimum atomic E-state index is -4.47. The minimum absolute atomic E-state index is 0.0856. The number of carbonyl (C=O) groups excluding carboxylic acids is 1. The van der Waals surface area contributed by atoms with E-state index in [1.807, 2.05) is 18.2 Å². The number of carbonyl (C=O) groups is 1. The second-order valence-corrected chi connectivity index (χ2v) is 10.1. The van der Waals surface area contributed by atoms with Crippen LogP contribution in [0.5, 0.6) is 17.4 Å². The largest absolute Gasteiger partial charge is 0.494 e. The maximum atomic E-state index is 13.2. The molecule has 2 N–H and O–H groups in total. The van der Waals surface area contributed by atoms with Crippen molar-refractivity contribution in [2.24, 2.45) is 0 Å². The van der Waals surface area contributed by atoms with Crippen LogP contribution in [0.2, 0.25) is 0 Å². The first kappa shape index (κ1) is 30.4. The molecule has 44 heavy (non-hydrogen) atoms. The number of piperazine rings is 1. The van der Waals surface area contributed by atoms with Crippen LogP contribution in [0.25, 0.3) is 11.1 Å². The van der Waals surface area contributed by atoms with Crippen molar-refractivity contribution in [1.82, 2.24) is 14.9 Å². The van der Waals surface area contributed by atoms with E-state index in [0.29, 0.717) is 34.0 Å². The van der Waals surface area contributed by atoms with Gasteiger partial charge < -0.3 is 29.9 Å². The van der Waals surface area contributed by atoms with Gasteiger partial charge in [-0.15, -0.1) is 0 Å². The molecule has 0 aliphatic carbocycles. The minimum Gasteiger partial charge on any atom is -0.494 e. The third-order valence-corrected chi connectivity index (χ3v) is 7.08. The van der Waals surface area contributed by atoms with E-state index in [-0.39, 0.29) is 11.8 Å². The van der Waals surface area contributed by atoms with Gasteiger partial charge in [-0.1, -0.05) is 24.8 Å². The van der Waals surface area contributed by atoms with Crippen LogP contribution in [-0.4, -0.2) is 61.1 Å². The van der Waals surface area contributed by atoms with E-state index < -0.39 is 17.6 Å². The summed E-state index contributed by atoms with van der Waals surface area (Å²) in [6, 6.07) is 17.1. The summed E-state index contributed by atoms with van der Waals surface area (Å²) in [6.07, 6.45) is -1.86. The van der Waals surface area contributed by atoms with Gasteiger partial charge in [-0.3, -0.25) is 4.79 Å². The maximum absolute atomic E-state index is 13.2. The molecule has 2 heterocycles. The number of benzene rings is 3. The highest BCUT2D eigenvalue weighted by molar-refractivity contribution is 5.99. The monoisotopic (exact) mass is 604 g/mol. The molecular weight excluding hydrogens is 573 g/mol. The lowest BCUT2D eigenvalue weighted by Crippen LogP contribution is -2.44. The quantitative estimate of drug-likeness (QED) is 0.207. The van der Waals surface area contributed by atoms with Gasteiger partial charge in [0.05, 0.1) is 23.9 Å². The predicted molar refractivity (Wildman–Crippen MR) is 164 cm³/mol. The fraction of sp³-hybridized carbons (Fsp3) is 0.219. The Morgan fingerprint density at radius 1 is 1.02 bits per heavy atom. The van der Waals surface area contributed by atoms with Crippen molar-refractivity contribution in [3.8, 4) is 28.5 Å². The average Bonchev–Trinajstić information content (AvgIpc) is 3.01. The Bertz CT molecular complexity index is 1640. The highest BCUT2D eigenvalue weighted by Gasteiger charge is 2.30. The first-order valence-corrected chi connectivity index (χ1v) is 13.8. The van der Waals surface area contributed by atoms with Crippen molar-refractivity contribution in [3.05, 3.63) is 91.1 Å². The first-order chi connectivity index (χ1) is 21.1. The number of amides is 1. The molecule has 3 aromatic carbocycles. The van der Waals surface area contributed by atoms with Gasteiger partial charge in [0.2, 0.25) is 17.7 Å². The van der Waals surface area contributed by atoms with Crippen molar-refractivity contribution in [2.75, 3.05) is 55.9 Å². The number of methoxy groups -OCH3 is 1. The van der Waals surface area contributed by atoms with Crippen LogP contribution in [0, 0.1) is 0 Å². The fourth-order valence-electron chi connectivity index (χ4n) is 4.65. The SMILES string of the molecule is C=CC(=O)Nc1cccc(Oc2nc(Nc3ccc(N4CCN(C)CC4)cc3OC)ncc2-c2ccc(C(F)(F)F)cc2)c1. The van der Waals surface area contributed by atoms with Crippen LogP contribution in [0.15, 0.2) is 85.6 Å². The highest BCUT2D eigenvalue weighted by atomic mass is 19.4. The maximum Gasteiger partial charge on any atom is 0.416 e. The van der Waals surface area contributed by atoms with Gasteiger partial charge in [0, 0.05) is 55.9 Å². The van der Waals surface area contributed by atoms with Gasteiger partial charge in [0.25, 0.3) is 0 Å². The summed E-state index contributed by atoms with van der Waals surface area (Å²) < 4.78 is 51.4. The molecule has 1 fully saturated rings. The summed E-state index contributed by atoms with van der Waals surface area (Å²) >= 11 is 0. The van der Waals surface area contributed by atoms with E-state index in [1.165, 1.54) is 18.3 Å². The second kappa shape index (κ2) is 13.0. The lowest BCUT2D eigenvalue weighted by Gasteiger charge is -2.34. The molecule has 9 nitrogen and oxygen atoms in total. The molecule has 1 aliphatic heterocycles. The Morgan fingerprint density at radius 2 is 1.77 bits per heavy atom. The van der Waals surface area contributed by atoms with Crippen LogP contribution in [0.1, 0.15) is 5.56 Å². The number of alkyl halides is 3. The van der Waals surface area contributed by atoms with E-state index in [4.69, 9.17) is 9.47 Å². The number of hydrogen-bond acceptors (Lipinski definition) is 8. The van der Waals surface area contributed by atoms with E-state index in [9.17, 15) is 18.0 Å². The standard InChI is InChI=1S/C32H31F3N6O3/c1-4-29(42)37-23-6-5-7-25(18-23)44-30-26(21-8-10-22(11-9-21)32(33,34)35)20-36-31(39-30)38-27-13-12-24(19-28(27)43-3)41-16-14-40(2)15-17-41/h4-13,18-20H,1,14-17H2,2-3H3,(H,37,42)(H,36,38,39). The molecule has 0 atom stereocenters. The van der Waals surface area contributed by atoms with Crippen LogP contribution >= 0.6 is 0 Å². The lowest BCUT2D eigenvalue weighted by molar-refractivity contribution is -0.137. The van der Waals surface area contributed by atoms with Crippen molar-refractivity contribution in [1.29, 1.82) is 0 Å². The fourth-order valence-corrected chi connectivity index (χ4v) is 4.65. The van der Waals surface area contributed by atoms with Crippen LogP contribution in [0.4, 0.5) is 36.2 Å². The lowest BCUT2D eigenvalue weighted by atomic mass is 10.1. The summed E-state index contributed by atoms with van der Waals surface area (Å²) in [7, 11) is 3.68. The number of halogens is 3. The predicted octanol–water partition coefficient (Wildman–Crippen LogP) is 6.58. The number of rotatable bonds is 9. The normalized spacial score (nSPS) is 13.7. The Balaban J connectivity index is 1.47. The highest BCUT2D eigenvalue weighted by Crippen LogP contribution is 2.37. The zero-order valence-corrected chi connectivity index (χ0v) is 24.2. The third kappa shape index (κ3) is 7.27. The Hall–Kier alpha value is -5.10. The Kier molecular flexibility index (Phi) is 9.00. The second-order valence-electron chi connectivity index (χ2n) is 10.1.